The molecule has 2 fully saturated rings. The molecule has 0 spiro atoms. The molecule has 0 radical (unpaired) electrons. The molecular formula is C36H43N3O5. The summed E-state index contributed by atoms with van der Waals surface area (Å²) in [5.74, 6) is -1.36. The third-order valence-corrected chi connectivity index (χ3v) is 9.92. The molecule has 1 aliphatic carbocycles. The smallest absolute Gasteiger partial charge is 0.314 e. The van der Waals surface area contributed by atoms with Crippen molar-refractivity contribution in [1.82, 2.24) is 14.7 Å². The zero-order valence-electron chi connectivity index (χ0n) is 25.9. The summed E-state index contributed by atoms with van der Waals surface area (Å²) in [6.45, 7) is 4.31. The van der Waals surface area contributed by atoms with Crippen molar-refractivity contribution >= 4 is 23.7 Å². The molecule has 2 aromatic carbocycles. The molecule has 2 heterocycles. The first kappa shape index (κ1) is 31.2. The lowest BCUT2D eigenvalue weighted by Crippen LogP contribution is -2.46. The molecule has 232 valence electrons. The van der Waals surface area contributed by atoms with Crippen molar-refractivity contribution in [2.24, 2.45) is 23.2 Å². The minimum absolute atomic E-state index is 0.0137. The number of carboxylic acid groups (broad SMARTS) is 1. The van der Waals surface area contributed by atoms with Crippen molar-refractivity contribution in [2.45, 2.75) is 39.0 Å². The van der Waals surface area contributed by atoms with Gasteiger partial charge in [-0.15, -0.1) is 0 Å². The van der Waals surface area contributed by atoms with Crippen molar-refractivity contribution in [1.29, 1.82) is 0 Å². The minimum Gasteiger partial charge on any atom is -0.481 e. The van der Waals surface area contributed by atoms with Gasteiger partial charge in [-0.1, -0.05) is 61.0 Å². The number of nitrogens with zero attached hydrogens (tertiary/aromatic N) is 3. The summed E-state index contributed by atoms with van der Waals surface area (Å²) in [5, 5.41) is 10.8. The van der Waals surface area contributed by atoms with E-state index in [0.717, 1.165) is 36.8 Å². The molecule has 8 nitrogen and oxygen atoms in total. The fraction of sp³-hybridized carbons (Fsp3) is 0.444. The summed E-state index contributed by atoms with van der Waals surface area (Å²) in [5.41, 5.74) is 2.00. The van der Waals surface area contributed by atoms with Crippen LogP contribution in [0.3, 0.4) is 0 Å². The highest BCUT2D eigenvalue weighted by molar-refractivity contribution is 5.95. The number of likely N-dealkylation sites (tertiary alicyclic amines) is 2. The lowest BCUT2D eigenvalue weighted by atomic mass is 9.61. The number of hydrogen-bond acceptors (Lipinski definition) is 4. The number of hydrogen-bond donors (Lipinski definition) is 1. The lowest BCUT2D eigenvalue weighted by molar-refractivity contribution is -0.152. The van der Waals surface area contributed by atoms with Gasteiger partial charge in [-0.05, 0) is 73.3 Å². The second kappa shape index (κ2) is 13.2. The highest BCUT2D eigenvalue weighted by Gasteiger charge is 2.49. The third kappa shape index (κ3) is 6.35. The molecule has 44 heavy (non-hydrogen) atoms. The lowest BCUT2D eigenvalue weighted by Gasteiger charge is -2.44. The highest BCUT2D eigenvalue weighted by Crippen LogP contribution is 2.49. The maximum Gasteiger partial charge on any atom is 0.314 e. The molecule has 0 saturated carbocycles. The van der Waals surface area contributed by atoms with Gasteiger partial charge in [0, 0.05) is 57.8 Å². The average molecular weight is 598 g/mol. The summed E-state index contributed by atoms with van der Waals surface area (Å²) in [6.07, 6.45) is 6.87. The number of carboxylic acids is 1. The second-order valence-electron chi connectivity index (χ2n) is 12.7. The molecule has 3 amide bonds. The zero-order chi connectivity index (χ0) is 31.4. The monoisotopic (exact) mass is 597 g/mol. The summed E-state index contributed by atoms with van der Waals surface area (Å²) < 4.78 is 0. The van der Waals surface area contributed by atoms with E-state index in [0.29, 0.717) is 37.3 Å². The van der Waals surface area contributed by atoms with E-state index in [-0.39, 0.29) is 41.9 Å². The quantitative estimate of drug-likeness (QED) is 0.477. The Morgan fingerprint density at radius 2 is 1.23 bits per heavy atom. The van der Waals surface area contributed by atoms with Crippen LogP contribution in [0, 0.1) is 23.2 Å². The molecule has 2 saturated heterocycles. The fourth-order valence-electron chi connectivity index (χ4n) is 7.08. The standard InChI is InChI=1S/C36H43N3O5/c1-25-31(27-16-20-39(21-17-27)34(42)29-12-8-5-9-13-29)22-30(23-36(25,35(43)44)24-32(40)37(2)3)26-14-18-38(19-15-26)33(41)28-10-6-4-7-11-28/h4-13,22-23,25-27H,14-21,24H2,1-3H3,(H,43,44). The number of carbonyl (C=O) groups is 4. The van der Waals surface area contributed by atoms with Crippen LogP contribution in [0.25, 0.3) is 0 Å². The first-order valence-corrected chi connectivity index (χ1v) is 15.7. The predicted molar refractivity (Wildman–Crippen MR) is 169 cm³/mol. The summed E-state index contributed by atoms with van der Waals surface area (Å²) in [6, 6.07) is 18.6. The third-order valence-electron chi connectivity index (χ3n) is 9.92. The van der Waals surface area contributed by atoms with Gasteiger partial charge in [0.2, 0.25) is 5.91 Å². The first-order chi connectivity index (χ1) is 21.1. The number of carbonyl (C=O) groups excluding carboxylic acids is 3. The molecule has 3 aliphatic rings. The van der Waals surface area contributed by atoms with Crippen LogP contribution in [0.15, 0.2) is 84.0 Å². The van der Waals surface area contributed by atoms with E-state index in [4.69, 9.17) is 0 Å². The molecular weight excluding hydrogens is 554 g/mol. The summed E-state index contributed by atoms with van der Waals surface area (Å²) in [7, 11) is 3.32. The molecule has 0 bridgehead atoms. The van der Waals surface area contributed by atoms with Gasteiger partial charge < -0.3 is 19.8 Å². The van der Waals surface area contributed by atoms with Gasteiger partial charge in [0.15, 0.2) is 0 Å². The summed E-state index contributed by atoms with van der Waals surface area (Å²) in [4.78, 5) is 57.6. The molecule has 0 aromatic heterocycles. The van der Waals surface area contributed by atoms with E-state index in [1.54, 1.807) is 14.1 Å². The van der Waals surface area contributed by atoms with E-state index in [9.17, 15) is 24.3 Å². The number of allylic oxidation sites excluding steroid dienone is 3. The molecule has 5 rings (SSSR count). The number of piperidine rings is 2. The molecule has 8 heteroatoms. The number of benzene rings is 2. The van der Waals surface area contributed by atoms with Crippen LogP contribution in [0.5, 0.6) is 0 Å². The average Bonchev–Trinajstić information content (AvgIpc) is 3.05. The van der Waals surface area contributed by atoms with Gasteiger partial charge in [-0.25, -0.2) is 0 Å². The van der Waals surface area contributed by atoms with Gasteiger partial charge in [0.1, 0.15) is 5.41 Å². The predicted octanol–water partition coefficient (Wildman–Crippen LogP) is 5.14. The van der Waals surface area contributed by atoms with E-state index in [1.165, 1.54) is 4.90 Å². The molecule has 1 N–H and O–H groups in total. The number of rotatable bonds is 7. The first-order valence-electron chi connectivity index (χ1n) is 15.7. The van der Waals surface area contributed by atoms with E-state index < -0.39 is 11.4 Å². The number of aliphatic carboxylic acids is 1. The van der Waals surface area contributed by atoms with Crippen molar-refractivity contribution in [3.8, 4) is 0 Å². The van der Waals surface area contributed by atoms with E-state index in [1.807, 2.05) is 83.5 Å². The normalized spacial score (nSPS) is 23.0. The Morgan fingerprint density at radius 3 is 1.66 bits per heavy atom. The van der Waals surface area contributed by atoms with E-state index in [2.05, 4.69) is 6.08 Å². The minimum atomic E-state index is -1.37. The Morgan fingerprint density at radius 1 is 0.773 bits per heavy atom. The van der Waals surface area contributed by atoms with Crippen LogP contribution < -0.4 is 0 Å². The van der Waals surface area contributed by atoms with Crippen LogP contribution in [-0.4, -0.2) is 83.8 Å². The zero-order valence-corrected chi connectivity index (χ0v) is 25.9. The Bertz CT molecular complexity index is 1430. The Hall–Kier alpha value is -4.20. The van der Waals surface area contributed by atoms with Crippen LogP contribution in [0.2, 0.25) is 0 Å². The maximum atomic E-state index is 13.1. The van der Waals surface area contributed by atoms with Gasteiger partial charge in [-0.2, -0.15) is 0 Å². The van der Waals surface area contributed by atoms with Gasteiger partial charge in [0.05, 0.1) is 0 Å². The Kier molecular flexibility index (Phi) is 9.37. The molecule has 2 unspecified atom stereocenters. The molecule has 2 aliphatic heterocycles. The van der Waals surface area contributed by atoms with Crippen LogP contribution in [0.4, 0.5) is 0 Å². The maximum absolute atomic E-state index is 13.1. The highest BCUT2D eigenvalue weighted by atomic mass is 16.4. The van der Waals surface area contributed by atoms with Gasteiger partial charge >= 0.3 is 5.97 Å². The van der Waals surface area contributed by atoms with E-state index >= 15 is 0 Å². The second-order valence-corrected chi connectivity index (χ2v) is 12.7. The van der Waals surface area contributed by atoms with Gasteiger partial charge in [-0.3, -0.25) is 19.2 Å². The topological polar surface area (TPSA) is 98.2 Å². The van der Waals surface area contributed by atoms with Crippen LogP contribution in [-0.2, 0) is 9.59 Å². The fourth-order valence-corrected chi connectivity index (χ4v) is 7.08. The van der Waals surface area contributed by atoms with Gasteiger partial charge in [0.25, 0.3) is 11.8 Å². The largest absolute Gasteiger partial charge is 0.481 e. The van der Waals surface area contributed by atoms with Crippen LogP contribution >= 0.6 is 0 Å². The van der Waals surface area contributed by atoms with Crippen molar-refractivity contribution in [3.63, 3.8) is 0 Å². The molecule has 2 atom stereocenters. The van der Waals surface area contributed by atoms with Crippen LogP contribution in [0.1, 0.15) is 59.7 Å². The Labute approximate surface area is 260 Å². The van der Waals surface area contributed by atoms with Crippen molar-refractivity contribution in [3.05, 3.63) is 95.1 Å². The number of amides is 3. The van der Waals surface area contributed by atoms with Crippen molar-refractivity contribution < 1.29 is 24.3 Å². The Balaban J connectivity index is 1.39. The summed E-state index contributed by atoms with van der Waals surface area (Å²) >= 11 is 0. The molecule has 2 aromatic rings. The van der Waals surface area contributed by atoms with Crippen molar-refractivity contribution in [2.75, 3.05) is 40.3 Å². The SMILES string of the molecule is CC1C(C2CCN(C(=O)c3ccccc3)CC2)=CC(C2CCN(C(=O)c3ccccc3)CC2)=CC1(CC(=O)N(C)C)C(=O)O.